The van der Waals surface area contributed by atoms with Crippen molar-refractivity contribution in [3.05, 3.63) is 70.7 Å². The molecule has 1 aliphatic heterocycles. The van der Waals surface area contributed by atoms with Gasteiger partial charge in [-0.15, -0.1) is 0 Å². The molecule has 0 bridgehead atoms. The SMILES string of the molecule is COC(=C=O)CC(=O)ON(CCOc1ccc2c(c1)CCN(Cc1ccc(F)cc1)C2=O)C(N)=O. The largest absolute Gasteiger partial charge is 0.492 e. The van der Waals surface area contributed by atoms with Gasteiger partial charge in [0.05, 0.1) is 13.7 Å². The predicted octanol–water partition coefficient (Wildman–Crippen LogP) is 1.99. The number of carbonyl (C=O) groups is 3. The zero-order chi connectivity index (χ0) is 25.4. The van der Waals surface area contributed by atoms with Crippen molar-refractivity contribution in [2.45, 2.75) is 19.4 Å². The van der Waals surface area contributed by atoms with E-state index >= 15 is 0 Å². The van der Waals surface area contributed by atoms with Crippen molar-refractivity contribution >= 4 is 23.8 Å². The summed E-state index contributed by atoms with van der Waals surface area (Å²) < 4.78 is 23.4. The van der Waals surface area contributed by atoms with E-state index < -0.39 is 18.4 Å². The van der Waals surface area contributed by atoms with Gasteiger partial charge in [0.25, 0.3) is 5.91 Å². The molecule has 0 saturated carbocycles. The second-order valence-electron chi connectivity index (χ2n) is 7.58. The zero-order valence-electron chi connectivity index (χ0n) is 19.0. The number of methoxy groups -OCH3 is 1. The topological polar surface area (TPSA) is 128 Å². The minimum Gasteiger partial charge on any atom is -0.492 e. The lowest BCUT2D eigenvalue weighted by atomic mass is 9.98. The van der Waals surface area contributed by atoms with E-state index in [-0.39, 0.29) is 30.6 Å². The van der Waals surface area contributed by atoms with E-state index in [1.54, 1.807) is 35.2 Å². The molecule has 10 nitrogen and oxygen atoms in total. The molecule has 2 aromatic carbocycles. The average Bonchev–Trinajstić information content (AvgIpc) is 2.84. The first-order valence-corrected chi connectivity index (χ1v) is 10.7. The van der Waals surface area contributed by atoms with E-state index in [0.29, 0.717) is 35.9 Å². The van der Waals surface area contributed by atoms with Gasteiger partial charge in [-0.25, -0.2) is 18.8 Å². The van der Waals surface area contributed by atoms with Crippen LogP contribution in [0.15, 0.2) is 48.2 Å². The number of benzene rings is 2. The maximum absolute atomic E-state index is 13.1. The number of urea groups is 1. The van der Waals surface area contributed by atoms with Crippen LogP contribution in [0.25, 0.3) is 0 Å². The predicted molar refractivity (Wildman–Crippen MR) is 120 cm³/mol. The minimum atomic E-state index is -1.02. The first kappa shape index (κ1) is 25.3. The maximum atomic E-state index is 13.1. The van der Waals surface area contributed by atoms with Gasteiger partial charge in [-0.3, -0.25) is 4.79 Å². The highest BCUT2D eigenvalue weighted by molar-refractivity contribution is 5.97. The van der Waals surface area contributed by atoms with Crippen LogP contribution in [0.1, 0.15) is 27.9 Å². The summed E-state index contributed by atoms with van der Waals surface area (Å²) in [7, 11) is 1.20. The monoisotopic (exact) mass is 485 g/mol. The number of hydrogen-bond acceptors (Lipinski definition) is 7. The van der Waals surface area contributed by atoms with Crippen molar-refractivity contribution in [2.75, 3.05) is 26.8 Å². The first-order chi connectivity index (χ1) is 16.8. The van der Waals surface area contributed by atoms with E-state index in [1.165, 1.54) is 25.2 Å². The lowest BCUT2D eigenvalue weighted by Gasteiger charge is -2.29. The molecule has 0 aliphatic carbocycles. The van der Waals surface area contributed by atoms with E-state index in [9.17, 15) is 23.6 Å². The number of ether oxygens (including phenoxy) is 2. The van der Waals surface area contributed by atoms with E-state index in [1.807, 2.05) is 0 Å². The molecule has 0 atom stereocenters. The second kappa shape index (κ2) is 11.7. The van der Waals surface area contributed by atoms with Crippen molar-refractivity contribution in [3.63, 3.8) is 0 Å². The lowest BCUT2D eigenvalue weighted by molar-refractivity contribution is -0.176. The van der Waals surface area contributed by atoms with Crippen molar-refractivity contribution < 1.29 is 37.9 Å². The summed E-state index contributed by atoms with van der Waals surface area (Å²) in [5.41, 5.74) is 7.42. The van der Waals surface area contributed by atoms with E-state index in [2.05, 4.69) is 4.74 Å². The molecule has 3 amide bonds. The van der Waals surface area contributed by atoms with Crippen molar-refractivity contribution in [1.29, 1.82) is 0 Å². The number of nitrogens with zero attached hydrogens (tertiary/aromatic N) is 2. The van der Waals surface area contributed by atoms with Crippen LogP contribution in [-0.2, 0) is 32.1 Å². The second-order valence-corrected chi connectivity index (χ2v) is 7.58. The third-order valence-corrected chi connectivity index (χ3v) is 5.22. The van der Waals surface area contributed by atoms with Gasteiger partial charge in [0, 0.05) is 18.7 Å². The number of amides is 3. The van der Waals surface area contributed by atoms with Crippen molar-refractivity contribution in [1.82, 2.24) is 9.96 Å². The Labute approximate surface area is 200 Å². The van der Waals surface area contributed by atoms with Gasteiger partial charge in [-0.2, -0.15) is 5.06 Å². The van der Waals surface area contributed by atoms with Crippen molar-refractivity contribution in [2.24, 2.45) is 5.73 Å². The lowest BCUT2D eigenvalue weighted by Crippen LogP contribution is -2.40. The van der Waals surface area contributed by atoms with Crippen LogP contribution in [0.2, 0.25) is 0 Å². The van der Waals surface area contributed by atoms with Crippen LogP contribution in [-0.4, -0.2) is 60.6 Å². The Bertz CT molecular complexity index is 1150. The van der Waals surface area contributed by atoms with Crippen LogP contribution in [0.4, 0.5) is 9.18 Å². The molecule has 1 heterocycles. The number of hydroxylamine groups is 2. The van der Waals surface area contributed by atoms with Gasteiger partial charge in [-0.1, -0.05) is 12.1 Å². The highest BCUT2D eigenvalue weighted by Crippen LogP contribution is 2.25. The molecular weight excluding hydrogens is 461 g/mol. The normalized spacial score (nSPS) is 12.3. The molecular formula is C24H24FN3O7. The van der Waals surface area contributed by atoms with Crippen LogP contribution in [0, 0.1) is 5.82 Å². The highest BCUT2D eigenvalue weighted by atomic mass is 19.1. The van der Waals surface area contributed by atoms with Gasteiger partial charge in [-0.05, 0) is 47.9 Å². The summed E-state index contributed by atoms with van der Waals surface area (Å²) in [6.45, 7) is 0.652. The Morgan fingerprint density at radius 2 is 1.94 bits per heavy atom. The van der Waals surface area contributed by atoms with Gasteiger partial charge in [0.2, 0.25) is 0 Å². The van der Waals surface area contributed by atoms with Gasteiger partial charge < -0.3 is 24.9 Å². The molecule has 184 valence electrons. The Morgan fingerprint density at radius 3 is 2.60 bits per heavy atom. The number of hydrogen-bond donors (Lipinski definition) is 1. The molecule has 35 heavy (non-hydrogen) atoms. The Kier molecular flexibility index (Phi) is 8.42. The number of primary amides is 1. The summed E-state index contributed by atoms with van der Waals surface area (Å²) in [4.78, 5) is 53.4. The summed E-state index contributed by atoms with van der Waals surface area (Å²) in [5.74, 6) is 0.229. The molecule has 11 heteroatoms. The molecule has 2 N–H and O–H groups in total. The van der Waals surface area contributed by atoms with E-state index in [4.69, 9.17) is 15.3 Å². The molecule has 0 aromatic heterocycles. The van der Waals surface area contributed by atoms with Crippen LogP contribution in [0.3, 0.4) is 0 Å². The van der Waals surface area contributed by atoms with Gasteiger partial charge in [0.15, 0.2) is 11.7 Å². The third kappa shape index (κ3) is 6.81. The molecule has 3 rings (SSSR count). The number of nitrogens with two attached hydrogens (primary N) is 1. The fourth-order valence-electron chi connectivity index (χ4n) is 3.45. The Balaban J connectivity index is 1.55. The molecule has 0 unspecified atom stereocenters. The molecule has 0 fully saturated rings. The number of carbonyl (C=O) groups excluding carboxylic acids is 4. The number of fused-ring (bicyclic) bond motifs is 1. The Hall–Kier alpha value is -4.37. The molecule has 2 aromatic rings. The van der Waals surface area contributed by atoms with E-state index in [0.717, 1.165) is 11.1 Å². The highest BCUT2D eigenvalue weighted by Gasteiger charge is 2.25. The average molecular weight is 485 g/mol. The summed E-state index contributed by atoms with van der Waals surface area (Å²) in [6.07, 6.45) is 0.0955. The fourth-order valence-corrected chi connectivity index (χ4v) is 3.45. The van der Waals surface area contributed by atoms with Gasteiger partial charge in [0.1, 0.15) is 24.6 Å². The van der Waals surface area contributed by atoms with Crippen molar-refractivity contribution in [3.8, 4) is 5.75 Å². The maximum Gasteiger partial charge on any atom is 0.348 e. The molecule has 0 spiro atoms. The summed E-state index contributed by atoms with van der Waals surface area (Å²) in [6, 6.07) is 10.0. The zero-order valence-corrected chi connectivity index (χ0v) is 19.0. The smallest absolute Gasteiger partial charge is 0.348 e. The van der Waals surface area contributed by atoms with Gasteiger partial charge >= 0.3 is 12.0 Å². The summed E-state index contributed by atoms with van der Waals surface area (Å²) in [5, 5.41) is 0.607. The first-order valence-electron chi connectivity index (χ1n) is 10.7. The Morgan fingerprint density at radius 1 is 1.20 bits per heavy atom. The molecule has 0 saturated heterocycles. The van der Waals surface area contributed by atoms with Crippen LogP contribution >= 0.6 is 0 Å². The number of halogens is 1. The molecule has 1 aliphatic rings. The quantitative estimate of drug-likeness (QED) is 0.327. The molecule has 0 radical (unpaired) electrons. The standard InChI is InChI=1S/C24H24FN3O7/c1-33-20(15-29)13-22(30)35-28(24(26)32)10-11-34-19-6-7-21-17(12-19)8-9-27(23(21)31)14-16-2-4-18(25)5-3-16/h2-7,12H,8-11,13-14H2,1H3,(H2,26,32). The van der Waals surface area contributed by atoms with Crippen LogP contribution < -0.4 is 10.5 Å². The minimum absolute atomic E-state index is 0.0553. The number of rotatable bonds is 9. The fraction of sp³-hybridized carbons (Fsp3) is 0.292. The van der Waals surface area contributed by atoms with Crippen LogP contribution in [0.5, 0.6) is 5.75 Å². The summed E-state index contributed by atoms with van der Waals surface area (Å²) >= 11 is 0. The third-order valence-electron chi connectivity index (χ3n) is 5.22.